The highest BCUT2D eigenvalue weighted by atomic mass is 16.5. The van der Waals surface area contributed by atoms with Crippen LogP contribution in [0.1, 0.15) is 63.0 Å². The van der Waals surface area contributed by atoms with Crippen molar-refractivity contribution >= 4 is 5.78 Å². The smallest absolute Gasteiger partial charge is 0.155 e. The van der Waals surface area contributed by atoms with Crippen molar-refractivity contribution in [3.63, 3.8) is 0 Å². The number of hydrogen-bond acceptors (Lipinski definition) is 3. The van der Waals surface area contributed by atoms with Crippen LogP contribution in [0.3, 0.4) is 0 Å². The molecule has 36 heavy (non-hydrogen) atoms. The van der Waals surface area contributed by atoms with E-state index in [0.717, 1.165) is 31.2 Å². The first kappa shape index (κ1) is 23.4. The predicted molar refractivity (Wildman–Crippen MR) is 142 cm³/mol. The van der Waals surface area contributed by atoms with Crippen molar-refractivity contribution in [3.8, 4) is 17.2 Å². The van der Waals surface area contributed by atoms with Crippen LogP contribution in [-0.2, 0) is 9.53 Å². The van der Waals surface area contributed by atoms with Crippen molar-refractivity contribution in [2.45, 2.75) is 57.5 Å². The van der Waals surface area contributed by atoms with Crippen LogP contribution in [0, 0.1) is 40.4 Å². The first-order valence-corrected chi connectivity index (χ1v) is 13.5. The summed E-state index contributed by atoms with van der Waals surface area (Å²) in [6.45, 7) is 4.72. The molecule has 0 bridgehead atoms. The van der Waals surface area contributed by atoms with Gasteiger partial charge in [0.25, 0.3) is 0 Å². The van der Waals surface area contributed by atoms with Gasteiger partial charge in [0, 0.05) is 18.9 Å². The van der Waals surface area contributed by atoms with Crippen LogP contribution in [0.25, 0.3) is 11.1 Å². The molecule has 184 valence electrons. The van der Waals surface area contributed by atoms with Crippen LogP contribution >= 0.6 is 0 Å². The van der Waals surface area contributed by atoms with Gasteiger partial charge < -0.3 is 4.74 Å². The summed E-state index contributed by atoms with van der Waals surface area (Å²) in [5.74, 6) is 2.94. The van der Waals surface area contributed by atoms with E-state index in [1.54, 1.807) is 0 Å². The zero-order valence-electron chi connectivity index (χ0n) is 21.5. The zero-order valence-corrected chi connectivity index (χ0v) is 21.5. The van der Waals surface area contributed by atoms with Gasteiger partial charge in [0.05, 0.1) is 17.2 Å². The van der Waals surface area contributed by atoms with Crippen molar-refractivity contribution < 1.29 is 9.53 Å². The Morgan fingerprint density at radius 2 is 1.64 bits per heavy atom. The van der Waals surface area contributed by atoms with E-state index in [1.807, 2.05) is 37.5 Å². The number of carbonyl (C=O) groups is 1. The molecule has 2 aromatic rings. The third-order valence-corrected chi connectivity index (χ3v) is 10.4. The Bertz CT molecular complexity index is 1280. The number of fused-ring (bicyclic) bond motifs is 5. The van der Waals surface area contributed by atoms with Crippen molar-refractivity contribution in [2.75, 3.05) is 7.11 Å². The molecule has 0 aliphatic heterocycles. The third-order valence-electron chi connectivity index (χ3n) is 10.4. The van der Waals surface area contributed by atoms with E-state index in [4.69, 9.17) is 10.00 Å². The average Bonchev–Trinajstić information content (AvgIpc) is 3.18. The number of allylic oxidation sites excluding steroid dienone is 3. The van der Waals surface area contributed by atoms with E-state index >= 15 is 0 Å². The van der Waals surface area contributed by atoms with Crippen molar-refractivity contribution in [1.82, 2.24) is 0 Å². The van der Waals surface area contributed by atoms with E-state index in [2.05, 4.69) is 56.3 Å². The molecule has 4 aliphatic carbocycles. The van der Waals surface area contributed by atoms with E-state index in [9.17, 15) is 4.79 Å². The Hall–Kier alpha value is -2.96. The van der Waals surface area contributed by atoms with Gasteiger partial charge in [-0.05, 0) is 97.1 Å². The van der Waals surface area contributed by atoms with Crippen molar-refractivity contribution in [2.24, 2.45) is 29.1 Å². The quantitative estimate of drug-likeness (QED) is 0.438. The molecule has 0 heterocycles. The maximum atomic E-state index is 12.3. The van der Waals surface area contributed by atoms with Crippen LogP contribution in [-0.4, -0.2) is 18.5 Å². The molecule has 0 aromatic heterocycles. The number of methoxy groups -OCH3 is 1. The fraction of sp³-hybridized carbons (Fsp3) is 0.455. The first-order valence-electron chi connectivity index (χ1n) is 13.5. The molecule has 2 aromatic carbocycles. The molecule has 0 N–H and O–H groups in total. The molecule has 3 heteroatoms. The fourth-order valence-corrected chi connectivity index (χ4v) is 8.26. The maximum absolute atomic E-state index is 12.3. The highest BCUT2D eigenvalue weighted by Crippen LogP contribution is 2.66. The third kappa shape index (κ3) is 3.46. The van der Waals surface area contributed by atoms with Gasteiger partial charge in [-0.25, -0.2) is 0 Å². The largest absolute Gasteiger partial charge is 0.374 e. The molecule has 7 atom stereocenters. The van der Waals surface area contributed by atoms with Gasteiger partial charge >= 0.3 is 0 Å². The van der Waals surface area contributed by atoms with E-state index < -0.39 is 0 Å². The number of nitrogens with zero attached hydrogens (tertiary/aromatic N) is 1. The number of ether oxygens (including phenoxy) is 1. The summed E-state index contributed by atoms with van der Waals surface area (Å²) >= 11 is 0. The molecule has 2 fully saturated rings. The van der Waals surface area contributed by atoms with Crippen LogP contribution in [0.4, 0.5) is 0 Å². The number of hydrogen-bond donors (Lipinski definition) is 0. The molecule has 6 rings (SSSR count). The van der Waals surface area contributed by atoms with E-state index in [1.165, 1.54) is 16.7 Å². The molecule has 0 radical (unpaired) electrons. The lowest BCUT2D eigenvalue weighted by Gasteiger charge is -2.59. The molecule has 0 spiro atoms. The molecular formula is C33H35NO2. The summed E-state index contributed by atoms with van der Waals surface area (Å²) in [6.07, 6.45) is 11.8. The van der Waals surface area contributed by atoms with Gasteiger partial charge in [-0.15, -0.1) is 0 Å². The highest BCUT2D eigenvalue weighted by molar-refractivity contribution is 5.91. The molecule has 0 saturated heterocycles. The molecule has 0 amide bonds. The van der Waals surface area contributed by atoms with Crippen LogP contribution in [0.15, 0.2) is 72.3 Å². The fourth-order valence-electron chi connectivity index (χ4n) is 8.26. The normalized spacial score (nSPS) is 36.9. The molecular weight excluding hydrogens is 442 g/mol. The SMILES string of the molecule is CO[C@@]1(C)C=CC2C3CCC4=CC(=O)CCC4C3[C@@H](c3ccc(-c4ccc(C#N)cc4)cc3)C[C@@]21C. The topological polar surface area (TPSA) is 50.1 Å². The number of ketones is 1. The summed E-state index contributed by atoms with van der Waals surface area (Å²) in [7, 11) is 1.86. The first-order chi connectivity index (χ1) is 17.4. The minimum atomic E-state index is -0.262. The minimum absolute atomic E-state index is 0.0467. The second kappa shape index (κ2) is 8.56. The van der Waals surface area contributed by atoms with Gasteiger partial charge in [0.2, 0.25) is 0 Å². The molecule has 3 nitrogen and oxygen atoms in total. The lowest BCUT2D eigenvalue weighted by atomic mass is 9.46. The lowest BCUT2D eigenvalue weighted by Crippen LogP contribution is -2.55. The second-order valence-electron chi connectivity index (χ2n) is 11.8. The summed E-state index contributed by atoms with van der Waals surface area (Å²) in [5.41, 5.74) is 5.60. The Morgan fingerprint density at radius 3 is 2.31 bits per heavy atom. The van der Waals surface area contributed by atoms with E-state index in [0.29, 0.717) is 47.4 Å². The van der Waals surface area contributed by atoms with Gasteiger partial charge in [-0.2, -0.15) is 5.26 Å². The summed E-state index contributed by atoms with van der Waals surface area (Å²) in [4.78, 5) is 12.3. The summed E-state index contributed by atoms with van der Waals surface area (Å²) in [5, 5.41) is 9.13. The van der Waals surface area contributed by atoms with Crippen LogP contribution < -0.4 is 0 Å². The Kier molecular flexibility index (Phi) is 5.58. The van der Waals surface area contributed by atoms with Gasteiger partial charge in [-0.3, -0.25) is 4.79 Å². The van der Waals surface area contributed by atoms with Crippen molar-refractivity contribution in [3.05, 3.63) is 83.5 Å². The van der Waals surface area contributed by atoms with Crippen molar-refractivity contribution in [1.29, 1.82) is 5.26 Å². The number of rotatable bonds is 3. The Balaban J connectivity index is 1.40. The lowest BCUT2D eigenvalue weighted by molar-refractivity contribution is -0.123. The zero-order chi connectivity index (χ0) is 25.1. The van der Waals surface area contributed by atoms with Gasteiger partial charge in [0.15, 0.2) is 5.78 Å². The Labute approximate surface area is 214 Å². The number of carbonyl (C=O) groups excluding carboxylic acids is 1. The Morgan fingerprint density at radius 1 is 0.944 bits per heavy atom. The maximum Gasteiger partial charge on any atom is 0.155 e. The van der Waals surface area contributed by atoms with E-state index in [-0.39, 0.29) is 11.0 Å². The molecule has 4 aliphatic rings. The summed E-state index contributed by atoms with van der Waals surface area (Å²) in [6, 6.07) is 19.2. The monoisotopic (exact) mass is 477 g/mol. The van der Waals surface area contributed by atoms with Gasteiger partial charge in [-0.1, -0.05) is 61.0 Å². The number of nitriles is 1. The predicted octanol–water partition coefficient (Wildman–Crippen LogP) is 7.24. The minimum Gasteiger partial charge on any atom is -0.374 e. The highest BCUT2D eigenvalue weighted by Gasteiger charge is 2.62. The number of benzene rings is 2. The standard InChI is InChI=1S/C33H35NO2/c1-32-19-29(24-10-8-23(9-11-24)22-6-4-21(20-34)5-7-22)31-27-15-13-26(35)18-25(27)12-14-28(31)30(32)16-17-33(32,2)36-3/h4-11,16-18,27-31H,12-15,19H2,1-3H3/t27?,28?,29-,30?,31?,32+,33+/m1/s1. The molecule has 4 unspecified atom stereocenters. The second-order valence-corrected chi connectivity index (χ2v) is 11.8. The van der Waals surface area contributed by atoms with Crippen LogP contribution in [0.2, 0.25) is 0 Å². The van der Waals surface area contributed by atoms with Gasteiger partial charge in [0.1, 0.15) is 0 Å². The van der Waals surface area contributed by atoms with Crippen LogP contribution in [0.5, 0.6) is 0 Å². The molecule has 2 saturated carbocycles. The summed E-state index contributed by atoms with van der Waals surface area (Å²) < 4.78 is 6.19. The average molecular weight is 478 g/mol.